The number of nitrogens with zero attached hydrogens (tertiary/aromatic N) is 4. The molecule has 6 heteroatoms. The van der Waals surface area contributed by atoms with E-state index in [9.17, 15) is 0 Å². The van der Waals surface area contributed by atoms with Crippen molar-refractivity contribution in [3.8, 4) is 5.75 Å². The van der Waals surface area contributed by atoms with Crippen LogP contribution >= 0.6 is 0 Å². The zero-order valence-electron chi connectivity index (χ0n) is 17.0. The topological polar surface area (TPSA) is 53.5 Å². The Hall–Kier alpha value is -3.28. The smallest absolute Gasteiger partial charge is 0.227 e. The van der Waals surface area contributed by atoms with Crippen molar-refractivity contribution >= 4 is 17.5 Å². The Balaban J connectivity index is 1.39. The van der Waals surface area contributed by atoms with Crippen LogP contribution in [-0.2, 0) is 6.54 Å². The number of methoxy groups -OCH3 is 1. The van der Waals surface area contributed by atoms with E-state index in [-0.39, 0.29) is 0 Å². The van der Waals surface area contributed by atoms with Gasteiger partial charge in [0.1, 0.15) is 11.6 Å². The van der Waals surface area contributed by atoms with Gasteiger partial charge in [0.2, 0.25) is 5.95 Å². The standard InChI is InChI=1S/C23H27N5O/c1-18-7-3-4-8-19(18)17-25-22-11-12-24-23(26-22)28-15-13-27(14-16-28)20-9-5-6-10-21(20)29-2/h3-12H,13-17H2,1-2H3,(H,24,25,26). The van der Waals surface area contributed by atoms with Gasteiger partial charge >= 0.3 is 0 Å². The first kappa shape index (κ1) is 19.1. The van der Waals surface area contributed by atoms with Gasteiger partial charge in [0.05, 0.1) is 12.8 Å². The van der Waals surface area contributed by atoms with E-state index in [0.717, 1.165) is 55.9 Å². The third-order valence-electron chi connectivity index (χ3n) is 5.35. The van der Waals surface area contributed by atoms with Crippen LogP contribution in [0.25, 0.3) is 0 Å². The van der Waals surface area contributed by atoms with Gasteiger partial charge < -0.3 is 19.9 Å². The number of aryl methyl sites for hydroxylation is 1. The van der Waals surface area contributed by atoms with E-state index in [0.29, 0.717) is 0 Å². The summed E-state index contributed by atoms with van der Waals surface area (Å²) in [6.45, 7) is 6.45. The van der Waals surface area contributed by atoms with Crippen molar-refractivity contribution < 1.29 is 4.74 Å². The average Bonchev–Trinajstić information content (AvgIpc) is 2.79. The summed E-state index contributed by atoms with van der Waals surface area (Å²) in [6, 6.07) is 18.5. The lowest BCUT2D eigenvalue weighted by Crippen LogP contribution is -2.47. The number of piperazine rings is 1. The molecule has 0 atom stereocenters. The molecule has 1 fully saturated rings. The molecule has 0 bridgehead atoms. The summed E-state index contributed by atoms with van der Waals surface area (Å²) in [6.07, 6.45) is 1.83. The molecule has 0 radical (unpaired) electrons. The fourth-order valence-corrected chi connectivity index (χ4v) is 3.63. The van der Waals surface area contributed by atoms with Gasteiger partial charge in [-0.25, -0.2) is 4.98 Å². The highest BCUT2D eigenvalue weighted by molar-refractivity contribution is 5.59. The number of hydrogen-bond acceptors (Lipinski definition) is 6. The summed E-state index contributed by atoms with van der Waals surface area (Å²) in [7, 11) is 1.72. The molecular formula is C23H27N5O. The van der Waals surface area contributed by atoms with Crippen LogP contribution in [0.15, 0.2) is 60.8 Å². The van der Waals surface area contributed by atoms with E-state index >= 15 is 0 Å². The Kier molecular flexibility index (Phi) is 5.79. The van der Waals surface area contributed by atoms with Crippen LogP contribution in [0.3, 0.4) is 0 Å². The van der Waals surface area contributed by atoms with Gasteiger partial charge in [-0.1, -0.05) is 36.4 Å². The van der Waals surface area contributed by atoms with Crippen molar-refractivity contribution in [1.82, 2.24) is 9.97 Å². The SMILES string of the molecule is COc1ccccc1N1CCN(c2nccc(NCc3ccccc3C)n2)CC1. The molecule has 0 unspecified atom stereocenters. The number of benzene rings is 2. The van der Waals surface area contributed by atoms with Gasteiger partial charge in [-0.15, -0.1) is 0 Å². The van der Waals surface area contributed by atoms with Crippen LogP contribution in [0.2, 0.25) is 0 Å². The number of nitrogens with one attached hydrogen (secondary N) is 1. The van der Waals surface area contributed by atoms with Gasteiger partial charge in [-0.05, 0) is 36.2 Å². The molecule has 4 rings (SSSR count). The Morgan fingerprint density at radius 1 is 0.931 bits per heavy atom. The highest BCUT2D eigenvalue weighted by Crippen LogP contribution is 2.28. The van der Waals surface area contributed by atoms with E-state index < -0.39 is 0 Å². The second kappa shape index (κ2) is 8.82. The third kappa shape index (κ3) is 4.42. The van der Waals surface area contributed by atoms with Gasteiger partial charge in [-0.2, -0.15) is 4.98 Å². The van der Waals surface area contributed by atoms with Crippen LogP contribution in [0.4, 0.5) is 17.5 Å². The summed E-state index contributed by atoms with van der Waals surface area (Å²) in [5.74, 6) is 2.55. The van der Waals surface area contributed by atoms with Gasteiger partial charge in [0.15, 0.2) is 0 Å². The van der Waals surface area contributed by atoms with Gasteiger partial charge in [-0.3, -0.25) is 0 Å². The van der Waals surface area contributed by atoms with E-state index in [2.05, 4.69) is 63.4 Å². The molecule has 0 aliphatic carbocycles. The second-order valence-corrected chi connectivity index (χ2v) is 7.17. The van der Waals surface area contributed by atoms with E-state index in [4.69, 9.17) is 9.72 Å². The molecule has 6 nitrogen and oxygen atoms in total. The molecule has 0 amide bonds. The summed E-state index contributed by atoms with van der Waals surface area (Å²) in [4.78, 5) is 13.8. The maximum Gasteiger partial charge on any atom is 0.227 e. The summed E-state index contributed by atoms with van der Waals surface area (Å²) in [5, 5.41) is 3.43. The van der Waals surface area contributed by atoms with E-state index in [1.54, 1.807) is 7.11 Å². The van der Waals surface area contributed by atoms with Crippen molar-refractivity contribution in [3.63, 3.8) is 0 Å². The van der Waals surface area contributed by atoms with E-state index in [1.165, 1.54) is 11.1 Å². The molecule has 2 aromatic carbocycles. The van der Waals surface area contributed by atoms with Crippen LogP contribution < -0.4 is 19.9 Å². The van der Waals surface area contributed by atoms with Gasteiger partial charge in [0.25, 0.3) is 0 Å². The highest BCUT2D eigenvalue weighted by atomic mass is 16.5. The number of anilines is 3. The Bertz CT molecular complexity index is 953. The average molecular weight is 390 g/mol. The van der Waals surface area contributed by atoms with Crippen molar-refractivity contribution in [2.24, 2.45) is 0 Å². The summed E-state index contributed by atoms with van der Waals surface area (Å²) >= 11 is 0. The number of para-hydroxylation sites is 2. The van der Waals surface area contributed by atoms with E-state index in [1.807, 2.05) is 24.4 Å². The Labute approximate surface area is 172 Å². The minimum atomic E-state index is 0.755. The Morgan fingerprint density at radius 3 is 2.45 bits per heavy atom. The molecule has 1 aliphatic rings. The zero-order valence-corrected chi connectivity index (χ0v) is 17.0. The molecule has 0 saturated carbocycles. The number of rotatable bonds is 6. The largest absolute Gasteiger partial charge is 0.495 e. The normalized spacial score (nSPS) is 14.0. The maximum absolute atomic E-state index is 5.51. The van der Waals surface area contributed by atoms with Crippen LogP contribution in [0.1, 0.15) is 11.1 Å². The molecular weight excluding hydrogens is 362 g/mol. The first-order valence-corrected chi connectivity index (χ1v) is 9.99. The van der Waals surface area contributed by atoms with Crippen molar-refractivity contribution in [2.75, 3.05) is 48.4 Å². The number of hydrogen-bond donors (Lipinski definition) is 1. The fourth-order valence-electron chi connectivity index (χ4n) is 3.63. The molecule has 2 heterocycles. The molecule has 29 heavy (non-hydrogen) atoms. The monoisotopic (exact) mass is 389 g/mol. The fraction of sp³-hybridized carbons (Fsp3) is 0.304. The van der Waals surface area contributed by atoms with Crippen molar-refractivity contribution in [3.05, 3.63) is 71.9 Å². The highest BCUT2D eigenvalue weighted by Gasteiger charge is 2.21. The molecule has 1 aliphatic heterocycles. The zero-order chi connectivity index (χ0) is 20.1. The van der Waals surface area contributed by atoms with Crippen LogP contribution in [0.5, 0.6) is 5.75 Å². The Morgan fingerprint density at radius 2 is 1.66 bits per heavy atom. The quantitative estimate of drug-likeness (QED) is 0.693. The van der Waals surface area contributed by atoms with Crippen molar-refractivity contribution in [2.45, 2.75) is 13.5 Å². The molecule has 3 aromatic rings. The lowest BCUT2D eigenvalue weighted by molar-refractivity contribution is 0.413. The lowest BCUT2D eigenvalue weighted by atomic mass is 10.1. The molecule has 1 N–H and O–H groups in total. The second-order valence-electron chi connectivity index (χ2n) is 7.17. The van der Waals surface area contributed by atoms with Gasteiger partial charge in [0, 0.05) is 38.9 Å². The molecule has 1 saturated heterocycles. The number of ether oxygens (including phenoxy) is 1. The first-order valence-electron chi connectivity index (χ1n) is 9.99. The lowest BCUT2D eigenvalue weighted by Gasteiger charge is -2.36. The molecule has 150 valence electrons. The minimum absolute atomic E-state index is 0.755. The van der Waals surface area contributed by atoms with Crippen LogP contribution in [-0.4, -0.2) is 43.3 Å². The third-order valence-corrected chi connectivity index (χ3v) is 5.35. The number of aromatic nitrogens is 2. The van der Waals surface area contributed by atoms with Crippen LogP contribution in [0, 0.1) is 6.92 Å². The predicted molar refractivity (Wildman–Crippen MR) is 118 cm³/mol. The summed E-state index contributed by atoms with van der Waals surface area (Å²) in [5.41, 5.74) is 3.70. The summed E-state index contributed by atoms with van der Waals surface area (Å²) < 4.78 is 5.51. The molecule has 1 aromatic heterocycles. The molecule has 0 spiro atoms. The van der Waals surface area contributed by atoms with Crippen molar-refractivity contribution in [1.29, 1.82) is 0 Å². The maximum atomic E-state index is 5.51. The predicted octanol–water partition coefficient (Wildman–Crippen LogP) is 3.73. The minimum Gasteiger partial charge on any atom is -0.495 e. The first-order chi connectivity index (χ1) is 14.2.